The molecule has 3 aliphatic rings. The Hall–Kier alpha value is -1.51. The number of hydrogen-bond acceptors (Lipinski definition) is 2. The summed E-state index contributed by atoms with van der Waals surface area (Å²) in [5, 5.41) is 3.34. The average Bonchev–Trinajstić information content (AvgIpc) is 2.60. The number of aryl methyl sites for hydroxylation is 2. The van der Waals surface area contributed by atoms with E-state index >= 15 is 0 Å². The highest BCUT2D eigenvalue weighted by Crippen LogP contribution is 2.36. The standard InChI is InChI=1S/C20H28N2O/c1-2-14-9-10-18-16(12-14)7-5-11-22(18)19-13-15-6-3-4-8-17(15)21-20(19)23/h9-10,12,15,17,19H,2-8,11,13H2,1H3,(H,21,23). The SMILES string of the molecule is CCc1ccc2c(c1)CCCN2C1CC2CCCCC2NC1=O. The van der Waals surface area contributed by atoms with Crippen LogP contribution in [-0.2, 0) is 17.6 Å². The minimum Gasteiger partial charge on any atom is -0.359 e. The van der Waals surface area contributed by atoms with Crippen molar-refractivity contribution in [2.45, 2.75) is 70.4 Å². The summed E-state index contributed by atoms with van der Waals surface area (Å²) in [6.07, 6.45) is 9.53. The molecule has 0 bridgehead atoms. The first-order valence-electron chi connectivity index (χ1n) is 9.45. The number of piperidine rings is 1. The van der Waals surface area contributed by atoms with Gasteiger partial charge in [0.2, 0.25) is 5.91 Å². The quantitative estimate of drug-likeness (QED) is 0.907. The summed E-state index contributed by atoms with van der Waals surface area (Å²) in [7, 11) is 0. The lowest BCUT2D eigenvalue weighted by molar-refractivity contribution is -0.126. The largest absolute Gasteiger partial charge is 0.359 e. The second-order valence-corrected chi connectivity index (χ2v) is 7.52. The van der Waals surface area contributed by atoms with Crippen molar-refractivity contribution in [1.29, 1.82) is 0 Å². The number of benzene rings is 1. The van der Waals surface area contributed by atoms with Gasteiger partial charge >= 0.3 is 0 Å². The van der Waals surface area contributed by atoms with Crippen LogP contribution >= 0.6 is 0 Å². The highest BCUT2D eigenvalue weighted by Gasteiger charge is 2.40. The van der Waals surface area contributed by atoms with Gasteiger partial charge < -0.3 is 10.2 Å². The van der Waals surface area contributed by atoms with Crippen molar-refractivity contribution in [3.8, 4) is 0 Å². The molecule has 3 unspecified atom stereocenters. The first kappa shape index (κ1) is 15.0. The van der Waals surface area contributed by atoms with Crippen LogP contribution in [0.1, 0.15) is 56.6 Å². The van der Waals surface area contributed by atoms with E-state index in [-0.39, 0.29) is 11.9 Å². The second-order valence-electron chi connectivity index (χ2n) is 7.52. The van der Waals surface area contributed by atoms with Gasteiger partial charge in [-0.3, -0.25) is 4.79 Å². The van der Waals surface area contributed by atoms with Crippen molar-refractivity contribution in [3.05, 3.63) is 29.3 Å². The fourth-order valence-corrected chi connectivity index (χ4v) is 4.84. The van der Waals surface area contributed by atoms with Crippen LogP contribution in [0.15, 0.2) is 18.2 Å². The van der Waals surface area contributed by atoms with Gasteiger partial charge in [-0.15, -0.1) is 0 Å². The summed E-state index contributed by atoms with van der Waals surface area (Å²) in [6, 6.07) is 7.33. The van der Waals surface area contributed by atoms with Gasteiger partial charge in [-0.05, 0) is 61.6 Å². The summed E-state index contributed by atoms with van der Waals surface area (Å²) in [4.78, 5) is 15.1. The number of rotatable bonds is 2. The van der Waals surface area contributed by atoms with Crippen molar-refractivity contribution in [2.24, 2.45) is 5.92 Å². The fraction of sp³-hybridized carbons (Fsp3) is 0.650. The number of fused-ring (bicyclic) bond motifs is 2. The summed E-state index contributed by atoms with van der Waals surface area (Å²) in [5.41, 5.74) is 4.16. The summed E-state index contributed by atoms with van der Waals surface area (Å²) in [6.45, 7) is 3.23. The molecule has 0 spiro atoms. The Bertz CT molecular complexity index is 597. The van der Waals surface area contributed by atoms with Crippen LogP contribution in [0.4, 0.5) is 5.69 Å². The number of nitrogens with one attached hydrogen (secondary N) is 1. The molecule has 1 saturated carbocycles. The van der Waals surface area contributed by atoms with Crippen LogP contribution in [0, 0.1) is 5.92 Å². The van der Waals surface area contributed by atoms with Crippen molar-refractivity contribution >= 4 is 11.6 Å². The molecule has 0 aromatic heterocycles. The number of carbonyl (C=O) groups is 1. The van der Waals surface area contributed by atoms with Gasteiger partial charge in [0, 0.05) is 18.3 Å². The van der Waals surface area contributed by atoms with Gasteiger partial charge in [0.05, 0.1) is 0 Å². The first-order chi connectivity index (χ1) is 11.3. The molecule has 1 aromatic rings. The van der Waals surface area contributed by atoms with E-state index < -0.39 is 0 Å². The van der Waals surface area contributed by atoms with Crippen molar-refractivity contribution < 1.29 is 4.79 Å². The zero-order valence-corrected chi connectivity index (χ0v) is 14.2. The number of carbonyl (C=O) groups excluding carboxylic acids is 1. The Morgan fingerprint density at radius 1 is 1.22 bits per heavy atom. The third-order valence-electron chi connectivity index (χ3n) is 6.15. The lowest BCUT2D eigenvalue weighted by Crippen LogP contribution is -2.59. The predicted molar refractivity (Wildman–Crippen MR) is 93.8 cm³/mol. The van der Waals surface area contributed by atoms with Gasteiger partial charge in [-0.25, -0.2) is 0 Å². The maximum absolute atomic E-state index is 12.7. The van der Waals surface area contributed by atoms with E-state index in [0.29, 0.717) is 12.0 Å². The molecular formula is C20H28N2O. The van der Waals surface area contributed by atoms with Crippen LogP contribution in [0.3, 0.4) is 0 Å². The predicted octanol–water partition coefficient (Wildman–Crippen LogP) is 3.45. The highest BCUT2D eigenvalue weighted by molar-refractivity contribution is 5.87. The molecule has 3 nitrogen and oxygen atoms in total. The number of amides is 1. The molecule has 1 saturated heterocycles. The Morgan fingerprint density at radius 2 is 2.09 bits per heavy atom. The van der Waals surface area contributed by atoms with E-state index in [9.17, 15) is 4.79 Å². The fourth-order valence-electron chi connectivity index (χ4n) is 4.84. The topological polar surface area (TPSA) is 32.3 Å². The lowest BCUT2D eigenvalue weighted by atomic mass is 9.77. The molecule has 124 valence electrons. The molecule has 1 N–H and O–H groups in total. The Balaban J connectivity index is 1.60. The smallest absolute Gasteiger partial charge is 0.242 e. The van der Waals surface area contributed by atoms with E-state index in [2.05, 4.69) is 35.3 Å². The third-order valence-corrected chi connectivity index (χ3v) is 6.15. The molecule has 1 amide bonds. The van der Waals surface area contributed by atoms with Gasteiger partial charge in [-0.2, -0.15) is 0 Å². The zero-order valence-electron chi connectivity index (χ0n) is 14.2. The maximum atomic E-state index is 12.7. The maximum Gasteiger partial charge on any atom is 0.242 e. The monoisotopic (exact) mass is 312 g/mol. The van der Waals surface area contributed by atoms with Gasteiger partial charge in [0.15, 0.2) is 0 Å². The summed E-state index contributed by atoms with van der Waals surface area (Å²) >= 11 is 0. The molecule has 3 atom stereocenters. The van der Waals surface area contributed by atoms with Gasteiger partial charge in [-0.1, -0.05) is 31.9 Å². The van der Waals surface area contributed by atoms with Crippen molar-refractivity contribution in [3.63, 3.8) is 0 Å². The molecule has 0 radical (unpaired) electrons. The number of nitrogens with zero attached hydrogens (tertiary/aromatic N) is 1. The van der Waals surface area contributed by atoms with Crippen molar-refractivity contribution in [1.82, 2.24) is 5.32 Å². The van der Waals surface area contributed by atoms with Crippen LogP contribution in [0.2, 0.25) is 0 Å². The molecule has 1 aliphatic carbocycles. The second kappa shape index (κ2) is 6.18. The van der Waals surface area contributed by atoms with E-state index in [1.165, 1.54) is 42.5 Å². The van der Waals surface area contributed by atoms with Crippen LogP contribution in [-0.4, -0.2) is 24.5 Å². The number of hydrogen-bond donors (Lipinski definition) is 1. The molecular weight excluding hydrogens is 284 g/mol. The molecule has 2 fully saturated rings. The normalized spacial score (nSPS) is 30.4. The molecule has 2 aliphatic heterocycles. The van der Waals surface area contributed by atoms with E-state index in [0.717, 1.165) is 32.2 Å². The zero-order chi connectivity index (χ0) is 15.8. The van der Waals surface area contributed by atoms with Crippen molar-refractivity contribution in [2.75, 3.05) is 11.4 Å². The molecule has 3 heteroatoms. The number of anilines is 1. The average molecular weight is 312 g/mol. The molecule has 2 heterocycles. The van der Waals surface area contributed by atoms with Crippen LogP contribution in [0.5, 0.6) is 0 Å². The first-order valence-corrected chi connectivity index (χ1v) is 9.45. The van der Waals surface area contributed by atoms with Gasteiger partial charge in [0.25, 0.3) is 0 Å². The van der Waals surface area contributed by atoms with E-state index in [1.807, 2.05) is 0 Å². The van der Waals surface area contributed by atoms with Gasteiger partial charge in [0.1, 0.15) is 6.04 Å². The summed E-state index contributed by atoms with van der Waals surface area (Å²) in [5.74, 6) is 0.951. The molecule has 1 aromatic carbocycles. The van der Waals surface area contributed by atoms with Crippen LogP contribution in [0.25, 0.3) is 0 Å². The van der Waals surface area contributed by atoms with Crippen LogP contribution < -0.4 is 10.2 Å². The highest BCUT2D eigenvalue weighted by atomic mass is 16.2. The minimum atomic E-state index is 0.0425. The molecule has 4 rings (SSSR count). The van der Waals surface area contributed by atoms with E-state index in [1.54, 1.807) is 0 Å². The Labute approximate surface area is 139 Å². The third kappa shape index (κ3) is 2.75. The Kier molecular flexibility index (Phi) is 4.04. The Morgan fingerprint density at radius 3 is 2.96 bits per heavy atom. The minimum absolute atomic E-state index is 0.0425. The lowest BCUT2D eigenvalue weighted by Gasteiger charge is -2.45. The summed E-state index contributed by atoms with van der Waals surface area (Å²) < 4.78 is 0. The van der Waals surface area contributed by atoms with E-state index in [4.69, 9.17) is 0 Å². The molecule has 23 heavy (non-hydrogen) atoms.